The van der Waals surface area contributed by atoms with Crippen molar-refractivity contribution in [3.05, 3.63) is 0 Å². The number of carbonyl (C=O) groups is 1. The van der Waals surface area contributed by atoms with E-state index in [1.807, 2.05) is 6.92 Å². The first-order chi connectivity index (χ1) is 5.24. The zero-order valence-electron chi connectivity index (χ0n) is 6.76. The second-order valence-electron chi connectivity index (χ2n) is 2.94. The molecule has 1 heterocycles. The van der Waals surface area contributed by atoms with Crippen molar-refractivity contribution in [1.82, 2.24) is 10.6 Å². The molecule has 0 aromatic heterocycles. The molecular formula is C7H15N3O. The van der Waals surface area contributed by atoms with Crippen molar-refractivity contribution in [2.24, 2.45) is 5.73 Å². The van der Waals surface area contributed by atoms with Gasteiger partial charge in [0.2, 0.25) is 5.91 Å². The summed E-state index contributed by atoms with van der Waals surface area (Å²) in [6.45, 7) is 3.34. The van der Waals surface area contributed by atoms with Crippen LogP contribution in [0.1, 0.15) is 13.3 Å². The van der Waals surface area contributed by atoms with Crippen LogP contribution in [-0.2, 0) is 4.79 Å². The van der Waals surface area contributed by atoms with Crippen molar-refractivity contribution in [2.75, 3.05) is 13.1 Å². The van der Waals surface area contributed by atoms with Crippen LogP contribution in [0.2, 0.25) is 0 Å². The highest BCUT2D eigenvalue weighted by Gasteiger charge is 2.24. The van der Waals surface area contributed by atoms with Gasteiger partial charge in [0.05, 0.1) is 6.04 Å². The molecule has 1 fully saturated rings. The molecule has 4 heteroatoms. The van der Waals surface area contributed by atoms with E-state index < -0.39 is 0 Å². The first-order valence-electron chi connectivity index (χ1n) is 3.98. The Morgan fingerprint density at radius 3 is 3.09 bits per heavy atom. The number of rotatable bonds is 3. The van der Waals surface area contributed by atoms with Crippen molar-refractivity contribution >= 4 is 5.91 Å². The minimum Gasteiger partial charge on any atom is -0.355 e. The van der Waals surface area contributed by atoms with Gasteiger partial charge in [0, 0.05) is 19.1 Å². The third kappa shape index (κ3) is 2.17. The fourth-order valence-electron chi connectivity index (χ4n) is 1.16. The molecule has 0 spiro atoms. The molecule has 4 nitrogen and oxygen atoms in total. The lowest BCUT2D eigenvalue weighted by molar-refractivity contribution is -0.121. The van der Waals surface area contributed by atoms with Gasteiger partial charge < -0.3 is 16.4 Å². The van der Waals surface area contributed by atoms with Crippen molar-refractivity contribution in [3.8, 4) is 0 Å². The zero-order chi connectivity index (χ0) is 8.27. The summed E-state index contributed by atoms with van der Waals surface area (Å²) in [6.07, 6.45) is 0.878. The van der Waals surface area contributed by atoms with E-state index in [0.29, 0.717) is 6.54 Å². The second kappa shape index (κ2) is 3.69. The van der Waals surface area contributed by atoms with E-state index in [-0.39, 0.29) is 18.0 Å². The predicted molar refractivity (Wildman–Crippen MR) is 43.1 cm³/mol. The molecular weight excluding hydrogens is 142 g/mol. The van der Waals surface area contributed by atoms with Crippen LogP contribution in [0.4, 0.5) is 0 Å². The molecule has 0 aromatic rings. The standard InChI is InChI=1S/C7H15N3O/c1-5(4-8)10-6-2-3-9-7(6)11/h5-6,10H,2-4,8H2,1H3,(H,9,11)/t5?,6-/m1/s1. The summed E-state index contributed by atoms with van der Waals surface area (Å²) in [5, 5.41) is 5.90. The minimum absolute atomic E-state index is 0.0199. The molecule has 0 saturated carbocycles. The van der Waals surface area contributed by atoms with Gasteiger partial charge in [-0.1, -0.05) is 0 Å². The highest BCUT2D eigenvalue weighted by molar-refractivity contribution is 5.83. The average molecular weight is 157 g/mol. The highest BCUT2D eigenvalue weighted by Crippen LogP contribution is 1.99. The third-order valence-electron chi connectivity index (χ3n) is 1.89. The molecule has 1 saturated heterocycles. The summed E-state index contributed by atoms with van der Waals surface area (Å²) in [5.74, 6) is 0.102. The molecule has 0 radical (unpaired) electrons. The van der Waals surface area contributed by atoms with Gasteiger partial charge in [0.1, 0.15) is 0 Å². The van der Waals surface area contributed by atoms with E-state index in [0.717, 1.165) is 13.0 Å². The van der Waals surface area contributed by atoms with Gasteiger partial charge in [-0.2, -0.15) is 0 Å². The predicted octanol–water partition coefficient (Wildman–Crippen LogP) is -1.19. The average Bonchev–Trinajstić information content (AvgIpc) is 2.37. The molecule has 0 aliphatic carbocycles. The Morgan fingerprint density at radius 2 is 2.64 bits per heavy atom. The van der Waals surface area contributed by atoms with Crippen LogP contribution in [0.25, 0.3) is 0 Å². The van der Waals surface area contributed by atoms with Gasteiger partial charge in [0.15, 0.2) is 0 Å². The van der Waals surface area contributed by atoms with E-state index in [1.165, 1.54) is 0 Å². The highest BCUT2D eigenvalue weighted by atomic mass is 16.2. The Hall–Kier alpha value is -0.610. The van der Waals surface area contributed by atoms with Crippen LogP contribution in [0, 0.1) is 0 Å². The summed E-state index contributed by atoms with van der Waals surface area (Å²) in [4.78, 5) is 11.0. The largest absolute Gasteiger partial charge is 0.355 e. The zero-order valence-corrected chi connectivity index (χ0v) is 6.76. The molecule has 1 unspecified atom stereocenters. The van der Waals surface area contributed by atoms with Crippen molar-refractivity contribution in [2.45, 2.75) is 25.4 Å². The van der Waals surface area contributed by atoms with E-state index in [1.54, 1.807) is 0 Å². The van der Waals surface area contributed by atoms with Crippen molar-refractivity contribution in [1.29, 1.82) is 0 Å². The van der Waals surface area contributed by atoms with Crippen LogP contribution in [0.3, 0.4) is 0 Å². The molecule has 0 aromatic carbocycles. The van der Waals surface area contributed by atoms with Gasteiger partial charge in [-0.3, -0.25) is 4.79 Å². The lowest BCUT2D eigenvalue weighted by Crippen LogP contribution is -2.44. The molecule has 1 rings (SSSR count). The maximum atomic E-state index is 11.0. The topological polar surface area (TPSA) is 67.2 Å². The fraction of sp³-hybridized carbons (Fsp3) is 0.857. The van der Waals surface area contributed by atoms with E-state index in [2.05, 4.69) is 10.6 Å². The van der Waals surface area contributed by atoms with Crippen LogP contribution < -0.4 is 16.4 Å². The van der Waals surface area contributed by atoms with Crippen molar-refractivity contribution in [3.63, 3.8) is 0 Å². The van der Waals surface area contributed by atoms with E-state index >= 15 is 0 Å². The minimum atomic E-state index is -0.0199. The molecule has 1 amide bonds. The number of hydrogen-bond donors (Lipinski definition) is 3. The summed E-state index contributed by atoms with van der Waals surface area (Å²) < 4.78 is 0. The molecule has 0 bridgehead atoms. The summed E-state index contributed by atoms with van der Waals surface area (Å²) in [6, 6.07) is 0.206. The number of amides is 1. The Labute approximate surface area is 66.5 Å². The number of nitrogens with two attached hydrogens (primary N) is 1. The monoisotopic (exact) mass is 157 g/mol. The molecule has 11 heavy (non-hydrogen) atoms. The maximum absolute atomic E-state index is 11.0. The molecule has 1 aliphatic heterocycles. The van der Waals surface area contributed by atoms with Gasteiger partial charge >= 0.3 is 0 Å². The third-order valence-corrected chi connectivity index (χ3v) is 1.89. The quantitative estimate of drug-likeness (QED) is 0.482. The summed E-state index contributed by atoms with van der Waals surface area (Å²) in [5.41, 5.74) is 5.40. The van der Waals surface area contributed by atoms with Gasteiger partial charge in [-0.05, 0) is 13.3 Å². The number of nitrogens with one attached hydrogen (secondary N) is 2. The van der Waals surface area contributed by atoms with Crippen LogP contribution >= 0.6 is 0 Å². The van der Waals surface area contributed by atoms with Crippen molar-refractivity contribution < 1.29 is 4.79 Å². The first kappa shape index (κ1) is 8.49. The Bertz CT molecular complexity index is 149. The van der Waals surface area contributed by atoms with Crippen LogP contribution in [-0.4, -0.2) is 31.1 Å². The maximum Gasteiger partial charge on any atom is 0.237 e. The number of hydrogen-bond acceptors (Lipinski definition) is 3. The normalized spacial score (nSPS) is 26.7. The van der Waals surface area contributed by atoms with E-state index in [9.17, 15) is 4.79 Å². The summed E-state index contributed by atoms with van der Waals surface area (Å²) in [7, 11) is 0. The van der Waals surface area contributed by atoms with Gasteiger partial charge in [0.25, 0.3) is 0 Å². The second-order valence-corrected chi connectivity index (χ2v) is 2.94. The van der Waals surface area contributed by atoms with Gasteiger partial charge in [-0.25, -0.2) is 0 Å². The first-order valence-corrected chi connectivity index (χ1v) is 3.98. The molecule has 2 atom stereocenters. The Morgan fingerprint density at radius 1 is 1.91 bits per heavy atom. The fourth-order valence-corrected chi connectivity index (χ4v) is 1.16. The summed E-state index contributed by atoms with van der Waals surface area (Å²) >= 11 is 0. The molecule has 4 N–H and O–H groups in total. The lowest BCUT2D eigenvalue weighted by atomic mass is 10.2. The van der Waals surface area contributed by atoms with Gasteiger partial charge in [-0.15, -0.1) is 0 Å². The Kier molecular flexibility index (Phi) is 2.84. The lowest BCUT2D eigenvalue weighted by Gasteiger charge is -2.14. The smallest absolute Gasteiger partial charge is 0.237 e. The van der Waals surface area contributed by atoms with E-state index in [4.69, 9.17) is 5.73 Å². The molecule has 64 valence electrons. The SMILES string of the molecule is CC(CN)N[C@@H]1CCNC1=O. The van der Waals surface area contributed by atoms with Crippen LogP contribution in [0.5, 0.6) is 0 Å². The number of carbonyl (C=O) groups excluding carboxylic acids is 1. The molecule has 1 aliphatic rings. The van der Waals surface area contributed by atoms with Crippen LogP contribution in [0.15, 0.2) is 0 Å². The Balaban J connectivity index is 2.30.